The zero-order valence-electron chi connectivity index (χ0n) is 15.6. The van der Waals surface area contributed by atoms with Crippen molar-refractivity contribution in [3.8, 4) is 34.4 Å². The summed E-state index contributed by atoms with van der Waals surface area (Å²) in [6, 6.07) is 23.5. The molecule has 3 aromatic rings. The molecule has 0 spiro atoms. The van der Waals surface area contributed by atoms with E-state index in [0.29, 0.717) is 11.1 Å². The highest BCUT2D eigenvalue weighted by Gasteiger charge is 2.32. The minimum Gasteiger partial charge on any atom is -0.226 e. The van der Waals surface area contributed by atoms with Gasteiger partial charge in [0.2, 0.25) is 0 Å². The van der Waals surface area contributed by atoms with E-state index in [9.17, 15) is 10.5 Å². The van der Waals surface area contributed by atoms with Gasteiger partial charge in [0.15, 0.2) is 0 Å². The van der Waals surface area contributed by atoms with Gasteiger partial charge in [-0.2, -0.15) is 0 Å². The number of hydrogen-bond donors (Lipinski definition) is 0. The molecular formula is C26H10N4. The number of nitrogens with zero attached hydrogens (tertiary/aromatic N) is 4. The van der Waals surface area contributed by atoms with Crippen molar-refractivity contribution in [3.05, 3.63) is 117 Å². The van der Waals surface area contributed by atoms with Crippen LogP contribution in [0.3, 0.4) is 0 Å². The third-order valence-electron chi connectivity index (χ3n) is 5.58. The Labute approximate surface area is 173 Å². The average molecular weight is 378 g/mol. The second kappa shape index (κ2) is 6.32. The molecule has 0 heterocycles. The van der Waals surface area contributed by atoms with Crippen LogP contribution in [0, 0.1) is 35.8 Å². The van der Waals surface area contributed by atoms with Gasteiger partial charge in [-0.05, 0) is 56.6 Å². The monoisotopic (exact) mass is 378 g/mol. The van der Waals surface area contributed by atoms with Crippen LogP contribution < -0.4 is 0 Å². The maximum Gasteiger partial charge on any atom is 0.270 e. The first-order valence-corrected chi connectivity index (χ1v) is 9.15. The topological polar surface area (TPSA) is 56.3 Å². The molecule has 0 radical (unpaired) electrons. The van der Waals surface area contributed by atoms with Crippen LogP contribution in [-0.4, -0.2) is 0 Å². The summed E-state index contributed by atoms with van der Waals surface area (Å²) in [6.45, 7) is 15.0. The summed E-state index contributed by atoms with van der Waals surface area (Å²) in [7, 11) is 0. The molecular weight excluding hydrogens is 368 g/mol. The predicted octanol–water partition coefficient (Wildman–Crippen LogP) is 6.05. The molecule has 0 bridgehead atoms. The maximum absolute atomic E-state index is 9.57. The minimum atomic E-state index is 0.0575. The van der Waals surface area contributed by atoms with Crippen molar-refractivity contribution in [1.82, 2.24) is 0 Å². The summed E-state index contributed by atoms with van der Waals surface area (Å²) in [6.07, 6.45) is 0. The first kappa shape index (κ1) is 17.2. The van der Waals surface area contributed by atoms with E-state index < -0.39 is 0 Å². The van der Waals surface area contributed by atoms with Crippen LogP contribution >= 0.6 is 0 Å². The highest BCUT2D eigenvalue weighted by atomic mass is 14.7. The fourth-order valence-electron chi connectivity index (χ4n) is 4.41. The van der Waals surface area contributed by atoms with E-state index in [-0.39, 0.29) is 11.4 Å². The zero-order chi connectivity index (χ0) is 20.8. The summed E-state index contributed by atoms with van der Waals surface area (Å²) in [5, 5.41) is 19.1. The van der Waals surface area contributed by atoms with Crippen molar-refractivity contribution in [3.63, 3.8) is 0 Å². The lowest BCUT2D eigenvalue weighted by atomic mass is 9.95. The smallest absolute Gasteiger partial charge is 0.226 e. The number of hydrogen-bond acceptors (Lipinski definition) is 2. The van der Waals surface area contributed by atoms with Crippen LogP contribution in [0.1, 0.15) is 22.3 Å². The molecule has 30 heavy (non-hydrogen) atoms. The van der Waals surface area contributed by atoms with Crippen molar-refractivity contribution in [1.29, 1.82) is 10.5 Å². The number of benzene rings is 3. The van der Waals surface area contributed by atoms with Crippen LogP contribution in [0.25, 0.3) is 43.1 Å². The van der Waals surface area contributed by atoms with Crippen LogP contribution in [0.2, 0.25) is 0 Å². The Morgan fingerprint density at radius 3 is 1.27 bits per heavy atom. The van der Waals surface area contributed by atoms with E-state index in [2.05, 4.69) is 9.69 Å². The summed E-state index contributed by atoms with van der Waals surface area (Å²) in [5.74, 6) is 0. The van der Waals surface area contributed by atoms with E-state index in [1.807, 2.05) is 72.8 Å². The predicted molar refractivity (Wildman–Crippen MR) is 114 cm³/mol. The Bertz CT molecular complexity index is 1370. The largest absolute Gasteiger partial charge is 0.270 e. The molecule has 3 aromatic carbocycles. The lowest BCUT2D eigenvalue weighted by Gasteiger charge is -2.09. The van der Waals surface area contributed by atoms with Crippen molar-refractivity contribution in [2.45, 2.75) is 0 Å². The highest BCUT2D eigenvalue weighted by Crippen LogP contribution is 2.53. The fourth-order valence-corrected chi connectivity index (χ4v) is 4.41. The first-order valence-electron chi connectivity index (χ1n) is 9.15. The van der Waals surface area contributed by atoms with Gasteiger partial charge in [0.25, 0.3) is 11.4 Å². The molecule has 4 heteroatoms. The molecule has 0 unspecified atom stereocenters. The van der Waals surface area contributed by atoms with Crippen LogP contribution in [0.4, 0.5) is 0 Å². The standard InChI is InChI=1S/C26H10N4/c1-29-23(13-27)25-17-9-5-3-7-15(17)19-12-22-20(11-21(19)25)16-8-4-6-10-18(16)26(22)24(14-28)30-2/h3-12H/b25-23-,26-24+. The van der Waals surface area contributed by atoms with Gasteiger partial charge >= 0.3 is 0 Å². The van der Waals surface area contributed by atoms with Crippen LogP contribution in [-0.2, 0) is 0 Å². The maximum atomic E-state index is 9.57. The van der Waals surface area contributed by atoms with E-state index in [4.69, 9.17) is 13.1 Å². The second-order valence-electron chi connectivity index (χ2n) is 6.93. The van der Waals surface area contributed by atoms with Gasteiger partial charge in [0, 0.05) is 11.1 Å². The minimum absolute atomic E-state index is 0.0575. The Kier molecular flexibility index (Phi) is 3.63. The summed E-state index contributed by atoms with van der Waals surface area (Å²) in [4.78, 5) is 6.94. The van der Waals surface area contributed by atoms with Gasteiger partial charge < -0.3 is 0 Å². The number of nitriles is 2. The number of rotatable bonds is 0. The third kappa shape index (κ3) is 2.11. The molecule has 0 N–H and O–H groups in total. The van der Waals surface area contributed by atoms with E-state index >= 15 is 0 Å². The van der Waals surface area contributed by atoms with Crippen molar-refractivity contribution >= 4 is 11.1 Å². The van der Waals surface area contributed by atoms with Gasteiger partial charge in [-0.1, -0.05) is 48.5 Å². The molecule has 0 saturated heterocycles. The molecule has 5 rings (SSSR count). The number of allylic oxidation sites excluding steroid dienone is 2. The summed E-state index contributed by atoms with van der Waals surface area (Å²) in [5.41, 5.74) is 8.47. The van der Waals surface area contributed by atoms with Crippen LogP contribution in [0.15, 0.2) is 72.1 Å². The van der Waals surface area contributed by atoms with E-state index in [1.165, 1.54) is 0 Å². The quantitative estimate of drug-likeness (QED) is 0.243. The first-order chi connectivity index (χ1) is 14.7. The fraction of sp³-hybridized carbons (Fsp3) is 0. The average Bonchev–Trinajstić information content (AvgIpc) is 3.28. The van der Waals surface area contributed by atoms with Gasteiger partial charge in [-0.15, -0.1) is 0 Å². The second-order valence-corrected chi connectivity index (χ2v) is 6.93. The molecule has 4 nitrogen and oxygen atoms in total. The molecule has 2 aliphatic carbocycles. The Morgan fingerprint density at radius 2 is 0.933 bits per heavy atom. The molecule has 0 aliphatic heterocycles. The van der Waals surface area contributed by atoms with E-state index in [0.717, 1.165) is 44.5 Å². The van der Waals surface area contributed by atoms with Crippen LogP contribution in [0.5, 0.6) is 0 Å². The van der Waals surface area contributed by atoms with Gasteiger partial charge in [-0.3, -0.25) is 0 Å². The van der Waals surface area contributed by atoms with Gasteiger partial charge in [-0.25, -0.2) is 20.2 Å². The van der Waals surface area contributed by atoms with E-state index in [1.54, 1.807) is 0 Å². The highest BCUT2D eigenvalue weighted by molar-refractivity contribution is 6.10. The molecule has 0 saturated carbocycles. The third-order valence-corrected chi connectivity index (χ3v) is 5.58. The molecule has 0 fully saturated rings. The van der Waals surface area contributed by atoms with Crippen molar-refractivity contribution in [2.75, 3.05) is 0 Å². The summed E-state index contributed by atoms with van der Waals surface area (Å²) >= 11 is 0. The number of fused-ring (bicyclic) bond motifs is 6. The lowest BCUT2D eigenvalue weighted by molar-refractivity contribution is 1.49. The molecule has 134 valence electrons. The molecule has 0 amide bonds. The van der Waals surface area contributed by atoms with Gasteiger partial charge in [0.1, 0.15) is 0 Å². The molecule has 2 aliphatic rings. The molecule has 0 atom stereocenters. The Hall–Kier alpha value is -4.90. The SMILES string of the molecule is [C-]#[N+]/C(C#N)=C1/c2ccccc2-c2cc3c(cc21)-c1ccccc1/C3=C(/C#N)[N+]#[C-]. The lowest BCUT2D eigenvalue weighted by Crippen LogP contribution is -1.89. The summed E-state index contributed by atoms with van der Waals surface area (Å²) < 4.78 is 0. The Balaban J connectivity index is 1.95. The normalized spacial score (nSPS) is 15.3. The molecule has 0 aromatic heterocycles. The van der Waals surface area contributed by atoms with Crippen molar-refractivity contribution < 1.29 is 0 Å². The Morgan fingerprint density at radius 1 is 0.567 bits per heavy atom. The zero-order valence-corrected chi connectivity index (χ0v) is 15.6. The van der Waals surface area contributed by atoms with Crippen molar-refractivity contribution in [2.24, 2.45) is 0 Å². The van der Waals surface area contributed by atoms with Gasteiger partial charge in [0.05, 0.1) is 25.3 Å².